The molecule has 0 atom stereocenters. The van der Waals surface area contributed by atoms with Crippen LogP contribution in [0.1, 0.15) is 32.9 Å². The van der Waals surface area contributed by atoms with Crippen molar-refractivity contribution in [2.45, 2.75) is 40.2 Å². The summed E-state index contributed by atoms with van der Waals surface area (Å²) in [6.45, 7) is 8.48. The van der Waals surface area contributed by atoms with Gasteiger partial charge in [-0.2, -0.15) is 5.10 Å². The standard InChI is InChI=1S/C15H28N6/c1-7-8-11-12-13(20(6)18-11)21(14(16)17-12)10-15(2,3)9-19(4)5/h7-10H2,1-6H3,(H2,16,17). The van der Waals surface area contributed by atoms with Crippen LogP contribution in [0.25, 0.3) is 11.2 Å². The number of rotatable bonds is 6. The lowest BCUT2D eigenvalue weighted by atomic mass is 9.93. The summed E-state index contributed by atoms with van der Waals surface area (Å²) in [6, 6.07) is 0. The van der Waals surface area contributed by atoms with Crippen LogP contribution in [0.3, 0.4) is 0 Å². The first-order valence-corrected chi connectivity index (χ1v) is 7.57. The molecule has 0 aliphatic carbocycles. The number of nitrogen functional groups attached to an aromatic ring is 1. The molecule has 2 N–H and O–H groups in total. The molecule has 0 spiro atoms. The number of nitrogens with zero attached hydrogens (tertiary/aromatic N) is 5. The molecule has 6 nitrogen and oxygen atoms in total. The predicted molar refractivity (Wildman–Crippen MR) is 87.2 cm³/mol. The van der Waals surface area contributed by atoms with E-state index in [1.54, 1.807) is 0 Å². The van der Waals surface area contributed by atoms with Gasteiger partial charge in [0, 0.05) is 20.1 Å². The summed E-state index contributed by atoms with van der Waals surface area (Å²) >= 11 is 0. The van der Waals surface area contributed by atoms with Gasteiger partial charge in [-0.1, -0.05) is 27.2 Å². The molecule has 118 valence electrons. The second-order valence-corrected chi connectivity index (χ2v) is 6.95. The van der Waals surface area contributed by atoms with Gasteiger partial charge < -0.3 is 10.6 Å². The molecular formula is C15H28N6. The van der Waals surface area contributed by atoms with Crippen molar-refractivity contribution >= 4 is 17.1 Å². The minimum atomic E-state index is 0.112. The van der Waals surface area contributed by atoms with Crippen molar-refractivity contribution in [1.82, 2.24) is 24.2 Å². The van der Waals surface area contributed by atoms with Crippen molar-refractivity contribution in [2.75, 3.05) is 26.4 Å². The summed E-state index contributed by atoms with van der Waals surface area (Å²) in [7, 11) is 6.16. The fraction of sp³-hybridized carbons (Fsp3) is 0.733. The Labute approximate surface area is 126 Å². The SMILES string of the molecule is CCCc1nn(C)c2c1nc(N)n2CC(C)(C)CN(C)C. The number of aryl methyl sites for hydroxylation is 2. The highest BCUT2D eigenvalue weighted by Crippen LogP contribution is 2.27. The normalized spacial score (nSPS) is 12.7. The first-order chi connectivity index (χ1) is 9.75. The van der Waals surface area contributed by atoms with E-state index in [1.165, 1.54) is 0 Å². The van der Waals surface area contributed by atoms with Crippen molar-refractivity contribution in [3.8, 4) is 0 Å². The molecule has 0 aromatic carbocycles. The average molecular weight is 292 g/mol. The van der Waals surface area contributed by atoms with Gasteiger partial charge in [0.2, 0.25) is 5.95 Å². The molecule has 2 heterocycles. The molecule has 0 saturated carbocycles. The van der Waals surface area contributed by atoms with Crippen LogP contribution in [0.2, 0.25) is 0 Å². The third-order valence-electron chi connectivity index (χ3n) is 3.64. The number of anilines is 1. The lowest BCUT2D eigenvalue weighted by Gasteiger charge is -2.29. The van der Waals surface area contributed by atoms with E-state index in [-0.39, 0.29) is 5.41 Å². The van der Waals surface area contributed by atoms with Crippen LogP contribution in [0.5, 0.6) is 0 Å². The maximum Gasteiger partial charge on any atom is 0.202 e. The summed E-state index contributed by atoms with van der Waals surface area (Å²) in [4.78, 5) is 6.76. The molecular weight excluding hydrogens is 264 g/mol. The predicted octanol–water partition coefficient (Wildman–Crippen LogP) is 1.89. The van der Waals surface area contributed by atoms with Crippen molar-refractivity contribution in [2.24, 2.45) is 12.5 Å². The summed E-state index contributed by atoms with van der Waals surface area (Å²) in [5.41, 5.74) is 9.31. The van der Waals surface area contributed by atoms with E-state index < -0.39 is 0 Å². The van der Waals surface area contributed by atoms with Crippen molar-refractivity contribution < 1.29 is 0 Å². The fourth-order valence-electron chi connectivity index (χ4n) is 3.15. The van der Waals surface area contributed by atoms with Gasteiger partial charge in [0.05, 0.1) is 5.69 Å². The van der Waals surface area contributed by atoms with Gasteiger partial charge in [-0.05, 0) is 25.9 Å². The molecule has 0 amide bonds. The molecule has 6 heteroatoms. The first kappa shape index (κ1) is 15.8. The van der Waals surface area contributed by atoms with E-state index in [4.69, 9.17) is 5.73 Å². The van der Waals surface area contributed by atoms with E-state index >= 15 is 0 Å². The molecule has 0 saturated heterocycles. The van der Waals surface area contributed by atoms with Gasteiger partial charge in [-0.3, -0.25) is 9.25 Å². The summed E-state index contributed by atoms with van der Waals surface area (Å²) in [6.07, 6.45) is 2.00. The van der Waals surface area contributed by atoms with Crippen LogP contribution < -0.4 is 5.73 Å². The Morgan fingerprint density at radius 1 is 1.29 bits per heavy atom. The van der Waals surface area contributed by atoms with E-state index in [0.717, 1.165) is 42.8 Å². The Morgan fingerprint density at radius 3 is 2.52 bits per heavy atom. The fourth-order valence-corrected chi connectivity index (χ4v) is 3.15. The number of hydrogen-bond acceptors (Lipinski definition) is 4. The Bertz CT molecular complexity index is 620. The van der Waals surface area contributed by atoms with Gasteiger partial charge in [-0.25, -0.2) is 4.98 Å². The number of nitrogens with two attached hydrogens (primary N) is 1. The largest absolute Gasteiger partial charge is 0.369 e. The lowest BCUT2D eigenvalue weighted by molar-refractivity contribution is 0.213. The third-order valence-corrected chi connectivity index (χ3v) is 3.64. The average Bonchev–Trinajstić information content (AvgIpc) is 2.78. The number of aromatic nitrogens is 4. The summed E-state index contributed by atoms with van der Waals surface area (Å²) < 4.78 is 4.01. The smallest absolute Gasteiger partial charge is 0.202 e. The number of hydrogen-bond donors (Lipinski definition) is 1. The molecule has 0 bridgehead atoms. The van der Waals surface area contributed by atoms with Crippen LogP contribution in [-0.2, 0) is 20.0 Å². The zero-order chi connectivity index (χ0) is 15.8. The molecule has 0 unspecified atom stereocenters. The minimum Gasteiger partial charge on any atom is -0.369 e. The van der Waals surface area contributed by atoms with Gasteiger partial charge in [-0.15, -0.1) is 0 Å². The van der Waals surface area contributed by atoms with E-state index in [2.05, 4.69) is 54.4 Å². The first-order valence-electron chi connectivity index (χ1n) is 7.57. The zero-order valence-corrected chi connectivity index (χ0v) is 14.1. The minimum absolute atomic E-state index is 0.112. The molecule has 0 fully saturated rings. The van der Waals surface area contributed by atoms with Crippen LogP contribution in [-0.4, -0.2) is 44.9 Å². The molecule has 0 aliphatic rings. The second kappa shape index (κ2) is 5.67. The van der Waals surface area contributed by atoms with Crippen LogP contribution >= 0.6 is 0 Å². The van der Waals surface area contributed by atoms with Crippen LogP contribution in [0.4, 0.5) is 5.95 Å². The molecule has 0 aliphatic heterocycles. The highest BCUT2D eigenvalue weighted by atomic mass is 15.3. The quantitative estimate of drug-likeness (QED) is 0.883. The maximum atomic E-state index is 6.17. The second-order valence-electron chi connectivity index (χ2n) is 6.95. The molecule has 2 rings (SSSR count). The molecule has 2 aromatic rings. The van der Waals surface area contributed by atoms with Gasteiger partial charge in [0.25, 0.3) is 0 Å². The highest BCUT2D eigenvalue weighted by molar-refractivity contribution is 5.77. The molecule has 21 heavy (non-hydrogen) atoms. The van der Waals surface area contributed by atoms with Gasteiger partial charge in [0.1, 0.15) is 5.52 Å². The van der Waals surface area contributed by atoms with Crippen molar-refractivity contribution in [1.29, 1.82) is 0 Å². The topological polar surface area (TPSA) is 64.9 Å². The molecule has 2 aromatic heterocycles. The molecule has 0 radical (unpaired) electrons. The third kappa shape index (κ3) is 3.20. The summed E-state index contributed by atoms with van der Waals surface area (Å²) in [5, 5.41) is 4.60. The van der Waals surface area contributed by atoms with Crippen LogP contribution in [0.15, 0.2) is 0 Å². The highest BCUT2D eigenvalue weighted by Gasteiger charge is 2.25. The maximum absolute atomic E-state index is 6.17. The Balaban J connectivity index is 2.42. The Kier molecular flexibility index (Phi) is 4.27. The van der Waals surface area contributed by atoms with Crippen molar-refractivity contribution in [3.63, 3.8) is 0 Å². The van der Waals surface area contributed by atoms with Crippen LogP contribution in [0, 0.1) is 5.41 Å². The Morgan fingerprint density at radius 2 is 1.95 bits per heavy atom. The van der Waals surface area contributed by atoms with Gasteiger partial charge in [0.15, 0.2) is 5.65 Å². The van der Waals surface area contributed by atoms with E-state index in [9.17, 15) is 0 Å². The van der Waals surface area contributed by atoms with E-state index in [1.807, 2.05) is 11.7 Å². The van der Waals surface area contributed by atoms with E-state index in [0.29, 0.717) is 5.95 Å². The number of fused-ring (bicyclic) bond motifs is 1. The van der Waals surface area contributed by atoms with Gasteiger partial charge >= 0.3 is 0 Å². The zero-order valence-electron chi connectivity index (χ0n) is 14.1. The van der Waals surface area contributed by atoms with Crippen molar-refractivity contribution in [3.05, 3.63) is 5.69 Å². The number of imidazole rings is 1. The summed E-state index contributed by atoms with van der Waals surface area (Å²) in [5.74, 6) is 0.585. The Hall–Kier alpha value is -1.56. The lowest BCUT2D eigenvalue weighted by Crippen LogP contribution is -2.32. The monoisotopic (exact) mass is 292 g/mol.